The molecule has 0 saturated heterocycles. The van der Waals surface area contributed by atoms with E-state index >= 15 is 0 Å². The Bertz CT molecular complexity index is 194. The van der Waals surface area contributed by atoms with Crippen LogP contribution >= 0.6 is 0 Å². The van der Waals surface area contributed by atoms with Gasteiger partial charge >= 0.3 is 0 Å². The van der Waals surface area contributed by atoms with E-state index in [-0.39, 0.29) is 0 Å². The minimum Gasteiger partial charge on any atom is -0.313 e. The summed E-state index contributed by atoms with van der Waals surface area (Å²) in [4.78, 5) is 0. The molecule has 0 aliphatic heterocycles. The number of rotatable bonds is 5. The maximum absolute atomic E-state index is 3.80. The molecular weight excluding hydrogens is 182 g/mol. The zero-order valence-electron chi connectivity index (χ0n) is 10.7. The first-order valence-corrected chi connectivity index (χ1v) is 6.88. The van der Waals surface area contributed by atoms with Crippen LogP contribution in [0.15, 0.2) is 0 Å². The van der Waals surface area contributed by atoms with Crippen molar-refractivity contribution in [3.05, 3.63) is 0 Å². The molecule has 0 amide bonds. The zero-order chi connectivity index (χ0) is 10.9. The van der Waals surface area contributed by atoms with Crippen molar-refractivity contribution in [2.75, 3.05) is 6.54 Å². The predicted molar refractivity (Wildman–Crippen MR) is 65.9 cm³/mol. The van der Waals surface area contributed by atoms with Crippen LogP contribution in [0.25, 0.3) is 0 Å². The lowest BCUT2D eigenvalue weighted by Gasteiger charge is -2.45. The molecule has 1 heteroatoms. The SMILES string of the molecule is CCC1(CNC2CC(C(C)C)C2)CCC1. The van der Waals surface area contributed by atoms with Gasteiger partial charge in [-0.15, -0.1) is 0 Å². The molecule has 15 heavy (non-hydrogen) atoms. The van der Waals surface area contributed by atoms with Crippen LogP contribution in [0.5, 0.6) is 0 Å². The molecule has 2 aliphatic carbocycles. The Hall–Kier alpha value is -0.0400. The summed E-state index contributed by atoms with van der Waals surface area (Å²) < 4.78 is 0. The van der Waals surface area contributed by atoms with Crippen molar-refractivity contribution in [1.82, 2.24) is 5.32 Å². The van der Waals surface area contributed by atoms with Crippen molar-refractivity contribution in [3.8, 4) is 0 Å². The molecule has 2 fully saturated rings. The summed E-state index contributed by atoms with van der Waals surface area (Å²) in [6.45, 7) is 8.37. The van der Waals surface area contributed by atoms with E-state index in [9.17, 15) is 0 Å². The Morgan fingerprint density at radius 1 is 1.27 bits per heavy atom. The molecule has 0 spiro atoms. The second kappa shape index (κ2) is 4.45. The minimum atomic E-state index is 0.697. The van der Waals surface area contributed by atoms with E-state index in [2.05, 4.69) is 26.1 Å². The third kappa shape index (κ3) is 2.38. The molecule has 0 atom stereocenters. The highest BCUT2D eigenvalue weighted by Crippen LogP contribution is 2.44. The molecule has 1 N–H and O–H groups in total. The van der Waals surface area contributed by atoms with Gasteiger partial charge in [-0.2, -0.15) is 0 Å². The average molecular weight is 209 g/mol. The molecule has 0 bridgehead atoms. The summed E-state index contributed by atoms with van der Waals surface area (Å²) in [5.74, 6) is 1.90. The van der Waals surface area contributed by atoms with Crippen molar-refractivity contribution in [2.24, 2.45) is 17.3 Å². The Morgan fingerprint density at radius 2 is 1.93 bits per heavy atom. The Kier molecular flexibility index (Phi) is 3.39. The summed E-state index contributed by atoms with van der Waals surface area (Å²) in [6, 6.07) is 0.849. The normalized spacial score (nSPS) is 33.6. The fourth-order valence-corrected chi connectivity index (χ4v) is 3.07. The van der Waals surface area contributed by atoms with Crippen molar-refractivity contribution in [3.63, 3.8) is 0 Å². The average Bonchev–Trinajstić information content (AvgIpc) is 2.05. The summed E-state index contributed by atoms with van der Waals surface area (Å²) in [5.41, 5.74) is 0.697. The lowest BCUT2D eigenvalue weighted by atomic mass is 9.66. The minimum absolute atomic E-state index is 0.697. The lowest BCUT2D eigenvalue weighted by molar-refractivity contribution is 0.0932. The van der Waals surface area contributed by atoms with Gasteiger partial charge in [0.05, 0.1) is 0 Å². The van der Waals surface area contributed by atoms with Crippen molar-refractivity contribution in [1.29, 1.82) is 0 Å². The van der Waals surface area contributed by atoms with Crippen molar-refractivity contribution >= 4 is 0 Å². The summed E-state index contributed by atoms with van der Waals surface area (Å²) in [5, 5.41) is 3.80. The van der Waals surface area contributed by atoms with Crippen LogP contribution in [0, 0.1) is 17.3 Å². The second-order valence-electron chi connectivity index (χ2n) is 6.26. The number of nitrogens with one attached hydrogen (secondary N) is 1. The quantitative estimate of drug-likeness (QED) is 0.729. The van der Waals surface area contributed by atoms with E-state index in [1.807, 2.05) is 0 Å². The molecule has 2 rings (SSSR count). The fourth-order valence-electron chi connectivity index (χ4n) is 3.07. The van der Waals surface area contributed by atoms with Crippen molar-refractivity contribution in [2.45, 2.75) is 65.3 Å². The third-order valence-corrected chi connectivity index (χ3v) is 5.05. The Morgan fingerprint density at radius 3 is 2.33 bits per heavy atom. The van der Waals surface area contributed by atoms with E-state index in [0.717, 1.165) is 17.9 Å². The molecule has 88 valence electrons. The van der Waals surface area contributed by atoms with E-state index in [1.54, 1.807) is 0 Å². The Balaban J connectivity index is 1.63. The lowest BCUT2D eigenvalue weighted by Crippen LogP contribution is -2.49. The van der Waals surface area contributed by atoms with Gasteiger partial charge < -0.3 is 5.32 Å². The maximum Gasteiger partial charge on any atom is 0.00727 e. The summed E-state index contributed by atoms with van der Waals surface area (Å²) in [6.07, 6.45) is 8.64. The standard InChI is InChI=1S/C14H27N/c1-4-14(6-5-7-14)10-15-13-8-12(9-13)11(2)3/h11-13,15H,4-10H2,1-3H3. The molecular formula is C14H27N. The van der Waals surface area contributed by atoms with Crippen LogP contribution < -0.4 is 5.32 Å². The van der Waals surface area contributed by atoms with E-state index in [0.29, 0.717) is 5.41 Å². The van der Waals surface area contributed by atoms with Crippen LogP contribution in [0.3, 0.4) is 0 Å². The van der Waals surface area contributed by atoms with E-state index in [1.165, 1.54) is 45.1 Å². The molecule has 0 aromatic carbocycles. The van der Waals surface area contributed by atoms with Gasteiger partial charge in [0, 0.05) is 12.6 Å². The van der Waals surface area contributed by atoms with Crippen LogP contribution in [0.1, 0.15) is 59.3 Å². The number of hydrogen-bond donors (Lipinski definition) is 1. The van der Waals surface area contributed by atoms with Crippen molar-refractivity contribution < 1.29 is 0 Å². The van der Waals surface area contributed by atoms with Gasteiger partial charge in [0.2, 0.25) is 0 Å². The largest absolute Gasteiger partial charge is 0.313 e. The van der Waals surface area contributed by atoms with Crippen LogP contribution in [0.2, 0.25) is 0 Å². The van der Waals surface area contributed by atoms with Gasteiger partial charge in [-0.25, -0.2) is 0 Å². The molecule has 1 nitrogen and oxygen atoms in total. The van der Waals surface area contributed by atoms with E-state index < -0.39 is 0 Å². The summed E-state index contributed by atoms with van der Waals surface area (Å²) >= 11 is 0. The highest BCUT2D eigenvalue weighted by Gasteiger charge is 2.37. The van der Waals surface area contributed by atoms with Gasteiger partial charge in [0.25, 0.3) is 0 Å². The first kappa shape index (κ1) is 11.4. The molecule has 0 radical (unpaired) electrons. The molecule has 0 aromatic heterocycles. The van der Waals surface area contributed by atoms with Crippen LogP contribution in [-0.4, -0.2) is 12.6 Å². The molecule has 0 aromatic rings. The second-order valence-corrected chi connectivity index (χ2v) is 6.26. The predicted octanol–water partition coefficient (Wildman–Crippen LogP) is 3.59. The highest BCUT2D eigenvalue weighted by atomic mass is 14.9. The zero-order valence-corrected chi connectivity index (χ0v) is 10.7. The molecule has 0 heterocycles. The van der Waals surface area contributed by atoms with Gasteiger partial charge in [0.15, 0.2) is 0 Å². The van der Waals surface area contributed by atoms with Gasteiger partial charge in [-0.1, -0.05) is 27.2 Å². The first-order chi connectivity index (χ1) is 7.15. The molecule has 2 aliphatic rings. The summed E-state index contributed by atoms with van der Waals surface area (Å²) in [7, 11) is 0. The van der Waals surface area contributed by atoms with Gasteiger partial charge in [-0.3, -0.25) is 0 Å². The van der Waals surface area contributed by atoms with Gasteiger partial charge in [0.1, 0.15) is 0 Å². The molecule has 0 unspecified atom stereocenters. The first-order valence-electron chi connectivity index (χ1n) is 6.88. The smallest absolute Gasteiger partial charge is 0.00727 e. The van der Waals surface area contributed by atoms with Crippen LogP contribution in [-0.2, 0) is 0 Å². The fraction of sp³-hybridized carbons (Fsp3) is 1.00. The monoisotopic (exact) mass is 209 g/mol. The van der Waals surface area contributed by atoms with E-state index in [4.69, 9.17) is 0 Å². The van der Waals surface area contributed by atoms with Gasteiger partial charge in [-0.05, 0) is 49.4 Å². The van der Waals surface area contributed by atoms with Crippen LogP contribution in [0.4, 0.5) is 0 Å². The third-order valence-electron chi connectivity index (χ3n) is 5.05. The maximum atomic E-state index is 3.80. The topological polar surface area (TPSA) is 12.0 Å². The molecule has 2 saturated carbocycles. The highest BCUT2D eigenvalue weighted by molar-refractivity contribution is 4.92. The Labute approximate surface area is 95.0 Å². The number of hydrogen-bond acceptors (Lipinski definition) is 1.